The molecule has 2 aromatic carbocycles. The van der Waals surface area contributed by atoms with Crippen molar-refractivity contribution in [1.29, 1.82) is 0 Å². The van der Waals surface area contributed by atoms with Crippen molar-refractivity contribution < 1.29 is 4.74 Å². The molecule has 5 nitrogen and oxygen atoms in total. The van der Waals surface area contributed by atoms with Crippen LogP contribution >= 0.6 is 12.2 Å². The van der Waals surface area contributed by atoms with Gasteiger partial charge in [0.25, 0.3) is 0 Å². The Morgan fingerprint density at radius 2 is 1.79 bits per heavy atom. The van der Waals surface area contributed by atoms with Crippen molar-refractivity contribution in [3.05, 3.63) is 82.9 Å². The van der Waals surface area contributed by atoms with Crippen LogP contribution in [0, 0.1) is 18.6 Å². The van der Waals surface area contributed by atoms with Gasteiger partial charge in [0, 0.05) is 12.2 Å². The minimum atomic E-state index is 0.514. The number of nitrogens with zero attached hydrogens (tertiary/aromatic N) is 4. The summed E-state index contributed by atoms with van der Waals surface area (Å²) in [5, 5.41) is 4.64. The number of benzene rings is 2. The highest BCUT2D eigenvalue weighted by atomic mass is 32.1. The fourth-order valence-electron chi connectivity index (χ4n) is 3.04. The molecule has 0 amide bonds. The minimum Gasteiger partial charge on any atom is -0.490 e. The average molecular weight is 395 g/mol. The van der Waals surface area contributed by atoms with E-state index in [0.29, 0.717) is 18.0 Å². The summed E-state index contributed by atoms with van der Waals surface area (Å²) >= 11 is 5.68. The summed E-state index contributed by atoms with van der Waals surface area (Å²) in [6.45, 7) is 9.64. The molecule has 3 aromatic rings. The van der Waals surface area contributed by atoms with Crippen LogP contribution in [0.3, 0.4) is 0 Å². The average Bonchev–Trinajstić information content (AvgIpc) is 2.95. The second-order valence-electron chi connectivity index (χ2n) is 6.90. The zero-order valence-corrected chi connectivity index (χ0v) is 17.4. The maximum Gasteiger partial charge on any atom is 0.203 e. The number of rotatable bonds is 8. The quantitative estimate of drug-likeness (QED) is 0.411. The highest BCUT2D eigenvalue weighted by molar-refractivity contribution is 7.71. The minimum absolute atomic E-state index is 0.514. The van der Waals surface area contributed by atoms with Gasteiger partial charge in [0.15, 0.2) is 0 Å². The molecule has 0 spiro atoms. The van der Waals surface area contributed by atoms with Crippen LogP contribution in [0.1, 0.15) is 17.0 Å². The van der Waals surface area contributed by atoms with Crippen LogP contribution < -0.4 is 4.74 Å². The zero-order valence-electron chi connectivity index (χ0n) is 16.6. The lowest BCUT2D eigenvalue weighted by Crippen LogP contribution is -2.22. The zero-order chi connectivity index (χ0) is 20.1. The second-order valence-corrected chi connectivity index (χ2v) is 7.26. The van der Waals surface area contributed by atoms with Gasteiger partial charge in [0.2, 0.25) is 4.77 Å². The molecule has 1 aromatic heterocycles. The molecule has 0 radical (unpaired) electrons. The summed E-state index contributed by atoms with van der Waals surface area (Å²) < 4.78 is 10.1. The van der Waals surface area contributed by atoms with Crippen molar-refractivity contribution in [2.75, 3.05) is 13.7 Å². The lowest BCUT2D eigenvalue weighted by molar-refractivity contribution is 0.243. The third-order valence-corrected chi connectivity index (χ3v) is 4.81. The largest absolute Gasteiger partial charge is 0.490 e. The number of aryl methyl sites for hydroxylation is 2. The fraction of sp³-hybridized carbons (Fsp3) is 0.273. The van der Waals surface area contributed by atoms with Crippen molar-refractivity contribution >= 4 is 12.2 Å². The third kappa shape index (κ3) is 4.77. The smallest absolute Gasteiger partial charge is 0.203 e. The van der Waals surface area contributed by atoms with E-state index in [9.17, 15) is 0 Å². The van der Waals surface area contributed by atoms with E-state index in [1.165, 1.54) is 11.1 Å². The van der Waals surface area contributed by atoms with Crippen LogP contribution in [0.5, 0.6) is 5.75 Å². The maximum absolute atomic E-state index is 5.68. The first-order valence-electron chi connectivity index (χ1n) is 9.22. The van der Waals surface area contributed by atoms with Crippen molar-refractivity contribution in [2.45, 2.75) is 27.1 Å². The Morgan fingerprint density at radius 3 is 2.43 bits per heavy atom. The standard InChI is InChI=1S/C22H26N4OS/c1-5-14-27-21-12-8-19(9-13-21)15-24(4)16-25-22(28)26(18(3)23-25)20-10-6-17(2)7-11-20/h5-13H,1,14-16H2,2-4H3. The molecule has 6 heteroatoms. The molecule has 0 saturated carbocycles. The SMILES string of the molecule is C=CCOc1ccc(CN(C)Cn2nc(C)n(-c3ccc(C)cc3)c2=S)cc1. The van der Waals surface area contributed by atoms with Gasteiger partial charge in [0.1, 0.15) is 18.2 Å². The molecule has 1 heterocycles. The van der Waals surface area contributed by atoms with Gasteiger partial charge >= 0.3 is 0 Å². The van der Waals surface area contributed by atoms with Crippen LogP contribution in [0.2, 0.25) is 0 Å². The van der Waals surface area contributed by atoms with Gasteiger partial charge in [-0.05, 0) is 62.9 Å². The van der Waals surface area contributed by atoms with E-state index in [1.807, 2.05) is 28.3 Å². The number of hydrogen-bond acceptors (Lipinski definition) is 4. The molecule has 28 heavy (non-hydrogen) atoms. The van der Waals surface area contributed by atoms with Crippen LogP contribution in [0.25, 0.3) is 5.69 Å². The number of ether oxygens (including phenoxy) is 1. The molecule has 146 valence electrons. The Kier molecular flexibility index (Phi) is 6.44. The first kappa shape index (κ1) is 20.0. The Bertz CT molecular complexity index is 987. The summed E-state index contributed by atoms with van der Waals surface area (Å²) in [7, 11) is 2.06. The molecular formula is C22H26N4OS. The van der Waals surface area contributed by atoms with E-state index in [0.717, 1.165) is 23.8 Å². The van der Waals surface area contributed by atoms with Crippen LogP contribution in [-0.2, 0) is 13.2 Å². The van der Waals surface area contributed by atoms with Gasteiger partial charge in [-0.15, -0.1) is 0 Å². The van der Waals surface area contributed by atoms with E-state index >= 15 is 0 Å². The summed E-state index contributed by atoms with van der Waals surface area (Å²) in [5.41, 5.74) is 3.47. The summed E-state index contributed by atoms with van der Waals surface area (Å²) in [6, 6.07) is 16.4. The highest BCUT2D eigenvalue weighted by Crippen LogP contribution is 2.15. The van der Waals surface area contributed by atoms with Crippen LogP contribution in [0.15, 0.2) is 61.2 Å². The molecular weight excluding hydrogens is 368 g/mol. The van der Waals surface area contributed by atoms with Gasteiger partial charge in [-0.25, -0.2) is 4.68 Å². The van der Waals surface area contributed by atoms with Gasteiger partial charge < -0.3 is 4.74 Å². The van der Waals surface area contributed by atoms with Crippen molar-refractivity contribution in [3.63, 3.8) is 0 Å². The lowest BCUT2D eigenvalue weighted by atomic mass is 10.2. The monoisotopic (exact) mass is 394 g/mol. The van der Waals surface area contributed by atoms with E-state index < -0.39 is 0 Å². The molecule has 3 rings (SSSR count). The normalized spacial score (nSPS) is 11.0. The predicted molar refractivity (Wildman–Crippen MR) is 115 cm³/mol. The molecule has 0 aliphatic carbocycles. The van der Waals surface area contributed by atoms with E-state index in [4.69, 9.17) is 17.0 Å². The Hall–Kier alpha value is -2.70. The van der Waals surface area contributed by atoms with Gasteiger partial charge in [-0.2, -0.15) is 5.10 Å². The van der Waals surface area contributed by atoms with E-state index in [2.05, 4.69) is 66.9 Å². The van der Waals surface area contributed by atoms with Crippen LogP contribution in [-0.4, -0.2) is 32.9 Å². The van der Waals surface area contributed by atoms with Gasteiger partial charge in [-0.3, -0.25) is 9.47 Å². The molecule has 0 aliphatic heterocycles. The molecule has 0 unspecified atom stereocenters. The Morgan fingerprint density at radius 1 is 1.11 bits per heavy atom. The van der Waals surface area contributed by atoms with Crippen LogP contribution in [0.4, 0.5) is 0 Å². The van der Waals surface area contributed by atoms with Crippen molar-refractivity contribution in [1.82, 2.24) is 19.2 Å². The topological polar surface area (TPSA) is 35.2 Å². The fourth-order valence-corrected chi connectivity index (χ4v) is 3.37. The van der Waals surface area contributed by atoms with Gasteiger partial charge in [0.05, 0.1) is 6.67 Å². The molecule has 0 aliphatic rings. The van der Waals surface area contributed by atoms with Crippen molar-refractivity contribution in [2.24, 2.45) is 0 Å². The molecule has 0 saturated heterocycles. The summed E-state index contributed by atoms with van der Waals surface area (Å²) in [5.74, 6) is 1.73. The summed E-state index contributed by atoms with van der Waals surface area (Å²) in [4.78, 5) is 2.18. The van der Waals surface area contributed by atoms with Crippen molar-refractivity contribution in [3.8, 4) is 11.4 Å². The van der Waals surface area contributed by atoms with E-state index in [-0.39, 0.29) is 0 Å². The first-order valence-corrected chi connectivity index (χ1v) is 9.63. The second kappa shape index (κ2) is 8.99. The molecule has 0 fully saturated rings. The molecule has 0 bridgehead atoms. The predicted octanol–water partition coefficient (Wildman–Crippen LogP) is 4.67. The highest BCUT2D eigenvalue weighted by Gasteiger charge is 2.11. The third-order valence-electron chi connectivity index (χ3n) is 4.41. The summed E-state index contributed by atoms with van der Waals surface area (Å²) in [6.07, 6.45) is 1.74. The first-order chi connectivity index (χ1) is 13.5. The van der Waals surface area contributed by atoms with E-state index in [1.54, 1.807) is 6.08 Å². The van der Waals surface area contributed by atoms with Gasteiger partial charge in [-0.1, -0.05) is 42.5 Å². The Balaban J connectivity index is 1.70. The Labute approximate surface area is 171 Å². The number of aromatic nitrogens is 3. The maximum atomic E-state index is 5.68. The lowest BCUT2D eigenvalue weighted by Gasteiger charge is -2.16. The number of hydrogen-bond donors (Lipinski definition) is 0. The molecule has 0 N–H and O–H groups in total. The molecule has 0 atom stereocenters.